The van der Waals surface area contributed by atoms with Crippen molar-refractivity contribution in [1.82, 2.24) is 24.8 Å². The van der Waals surface area contributed by atoms with Gasteiger partial charge in [0, 0.05) is 6.20 Å². The fraction of sp³-hybridized carbons (Fsp3) is 0.111. The standard InChI is InChI=1S/C9H6ClN5S/c1-5-11-4-6(16-5)9-13-12-8-3-2-7(10)14-15(8)9/h2-4H,1H3. The maximum atomic E-state index is 5.84. The predicted octanol–water partition coefficient (Wildman–Crippen LogP) is 2.21. The van der Waals surface area contributed by atoms with Crippen molar-refractivity contribution < 1.29 is 0 Å². The van der Waals surface area contributed by atoms with E-state index < -0.39 is 0 Å². The van der Waals surface area contributed by atoms with E-state index in [0.717, 1.165) is 9.88 Å². The Balaban J connectivity index is 2.27. The van der Waals surface area contributed by atoms with Crippen molar-refractivity contribution in [2.45, 2.75) is 6.92 Å². The Hall–Kier alpha value is -1.53. The zero-order valence-corrected chi connectivity index (χ0v) is 9.83. The smallest absolute Gasteiger partial charge is 0.197 e. The van der Waals surface area contributed by atoms with Crippen LogP contribution in [0.5, 0.6) is 0 Å². The molecule has 0 bridgehead atoms. The molecule has 0 aliphatic rings. The van der Waals surface area contributed by atoms with Crippen LogP contribution in [-0.2, 0) is 0 Å². The molecule has 0 aromatic carbocycles. The fourth-order valence-corrected chi connectivity index (χ4v) is 2.27. The molecule has 3 rings (SSSR count). The number of hydrogen-bond donors (Lipinski definition) is 0. The highest BCUT2D eigenvalue weighted by molar-refractivity contribution is 7.14. The zero-order valence-electron chi connectivity index (χ0n) is 8.25. The lowest BCUT2D eigenvalue weighted by Gasteiger charge is -1.94. The van der Waals surface area contributed by atoms with Gasteiger partial charge in [-0.2, -0.15) is 9.61 Å². The Bertz CT molecular complexity index is 659. The largest absolute Gasteiger partial charge is 0.249 e. The van der Waals surface area contributed by atoms with Crippen LogP contribution in [0.3, 0.4) is 0 Å². The maximum Gasteiger partial charge on any atom is 0.197 e. The van der Waals surface area contributed by atoms with Crippen molar-refractivity contribution in [1.29, 1.82) is 0 Å². The molecule has 0 saturated heterocycles. The second-order valence-corrected chi connectivity index (χ2v) is 4.82. The Morgan fingerprint density at radius 3 is 2.94 bits per heavy atom. The van der Waals surface area contributed by atoms with Gasteiger partial charge in [0.05, 0.1) is 9.88 Å². The van der Waals surface area contributed by atoms with Crippen molar-refractivity contribution in [2.24, 2.45) is 0 Å². The predicted molar refractivity (Wildman–Crippen MR) is 61.6 cm³/mol. The van der Waals surface area contributed by atoms with Gasteiger partial charge in [0.1, 0.15) is 5.15 Å². The summed E-state index contributed by atoms with van der Waals surface area (Å²) in [6.45, 7) is 1.94. The Labute approximate surface area is 99.7 Å². The third-order valence-electron chi connectivity index (χ3n) is 2.07. The molecule has 0 atom stereocenters. The molecule has 0 radical (unpaired) electrons. The molecule has 3 aromatic heterocycles. The number of thiazole rings is 1. The van der Waals surface area contributed by atoms with Crippen molar-refractivity contribution in [2.75, 3.05) is 0 Å². The van der Waals surface area contributed by atoms with E-state index in [-0.39, 0.29) is 0 Å². The average molecular weight is 252 g/mol. The molecule has 0 N–H and O–H groups in total. The van der Waals surface area contributed by atoms with Crippen LogP contribution in [0.15, 0.2) is 18.3 Å². The molecular formula is C9H6ClN5S. The van der Waals surface area contributed by atoms with Gasteiger partial charge in [-0.1, -0.05) is 11.6 Å². The summed E-state index contributed by atoms with van der Waals surface area (Å²) in [5.74, 6) is 0.670. The highest BCUT2D eigenvalue weighted by Crippen LogP contribution is 2.24. The van der Waals surface area contributed by atoms with Gasteiger partial charge in [-0.05, 0) is 19.1 Å². The number of nitrogens with zero attached hydrogens (tertiary/aromatic N) is 5. The fourth-order valence-electron chi connectivity index (χ4n) is 1.38. The topological polar surface area (TPSA) is 56.0 Å². The van der Waals surface area contributed by atoms with Crippen LogP contribution in [-0.4, -0.2) is 24.8 Å². The molecule has 0 unspecified atom stereocenters. The molecule has 3 heterocycles. The van der Waals surface area contributed by atoms with E-state index in [4.69, 9.17) is 11.6 Å². The maximum absolute atomic E-state index is 5.84. The quantitative estimate of drug-likeness (QED) is 0.665. The van der Waals surface area contributed by atoms with Crippen LogP contribution >= 0.6 is 22.9 Å². The van der Waals surface area contributed by atoms with Crippen LogP contribution in [0.1, 0.15) is 5.01 Å². The van der Waals surface area contributed by atoms with Gasteiger partial charge in [-0.3, -0.25) is 0 Å². The van der Waals surface area contributed by atoms with E-state index in [0.29, 0.717) is 16.6 Å². The van der Waals surface area contributed by atoms with Crippen LogP contribution in [0.25, 0.3) is 16.3 Å². The number of aryl methyl sites for hydroxylation is 1. The minimum atomic E-state index is 0.412. The van der Waals surface area contributed by atoms with Gasteiger partial charge in [0.15, 0.2) is 11.5 Å². The highest BCUT2D eigenvalue weighted by atomic mass is 35.5. The first kappa shape index (κ1) is 9.68. The second-order valence-electron chi connectivity index (χ2n) is 3.19. The van der Waals surface area contributed by atoms with Gasteiger partial charge in [-0.15, -0.1) is 21.5 Å². The van der Waals surface area contributed by atoms with E-state index >= 15 is 0 Å². The third kappa shape index (κ3) is 1.46. The lowest BCUT2D eigenvalue weighted by molar-refractivity contribution is 0.938. The minimum Gasteiger partial charge on any atom is -0.249 e. The minimum absolute atomic E-state index is 0.412. The second kappa shape index (κ2) is 3.50. The van der Waals surface area contributed by atoms with Crippen molar-refractivity contribution in [3.8, 4) is 10.7 Å². The van der Waals surface area contributed by atoms with Gasteiger partial charge in [-0.25, -0.2) is 4.98 Å². The summed E-state index contributed by atoms with van der Waals surface area (Å²) in [7, 11) is 0. The van der Waals surface area contributed by atoms with Gasteiger partial charge in [0.25, 0.3) is 0 Å². The SMILES string of the molecule is Cc1ncc(-c2nnc3ccc(Cl)nn23)s1. The van der Waals surface area contributed by atoms with Gasteiger partial charge in [0.2, 0.25) is 0 Å². The van der Waals surface area contributed by atoms with Gasteiger partial charge >= 0.3 is 0 Å². The monoisotopic (exact) mass is 251 g/mol. The first-order chi connectivity index (χ1) is 7.74. The molecule has 16 heavy (non-hydrogen) atoms. The summed E-state index contributed by atoms with van der Waals surface area (Å²) >= 11 is 7.39. The van der Waals surface area contributed by atoms with Crippen LogP contribution < -0.4 is 0 Å². The van der Waals surface area contributed by atoms with Crippen LogP contribution in [0.4, 0.5) is 0 Å². The Morgan fingerprint density at radius 2 is 2.19 bits per heavy atom. The highest BCUT2D eigenvalue weighted by Gasteiger charge is 2.11. The Morgan fingerprint density at radius 1 is 1.31 bits per heavy atom. The van der Waals surface area contributed by atoms with Crippen molar-refractivity contribution in [3.05, 3.63) is 28.5 Å². The molecule has 7 heteroatoms. The van der Waals surface area contributed by atoms with E-state index in [1.807, 2.05) is 6.92 Å². The summed E-state index contributed by atoms with van der Waals surface area (Å²) in [4.78, 5) is 5.11. The van der Waals surface area contributed by atoms with Crippen LogP contribution in [0.2, 0.25) is 5.15 Å². The molecule has 3 aromatic rings. The Kier molecular flexibility index (Phi) is 2.12. The first-order valence-electron chi connectivity index (χ1n) is 4.55. The molecule has 0 spiro atoms. The van der Waals surface area contributed by atoms with E-state index in [1.54, 1.807) is 34.2 Å². The summed E-state index contributed by atoms with van der Waals surface area (Å²) in [5.41, 5.74) is 0.672. The number of halogens is 1. The molecule has 80 valence electrons. The van der Waals surface area contributed by atoms with Crippen LogP contribution in [0, 0.1) is 6.92 Å². The number of aromatic nitrogens is 5. The van der Waals surface area contributed by atoms with E-state index in [9.17, 15) is 0 Å². The average Bonchev–Trinajstić information content (AvgIpc) is 2.83. The lowest BCUT2D eigenvalue weighted by atomic mass is 10.5. The summed E-state index contributed by atoms with van der Waals surface area (Å²) < 4.78 is 1.62. The molecule has 0 aliphatic heterocycles. The van der Waals surface area contributed by atoms with Crippen molar-refractivity contribution >= 4 is 28.6 Å². The molecule has 0 aliphatic carbocycles. The molecular weight excluding hydrogens is 246 g/mol. The van der Waals surface area contributed by atoms with E-state index in [2.05, 4.69) is 20.3 Å². The van der Waals surface area contributed by atoms with Crippen molar-refractivity contribution in [3.63, 3.8) is 0 Å². The zero-order chi connectivity index (χ0) is 11.1. The molecule has 0 saturated carbocycles. The van der Waals surface area contributed by atoms with Gasteiger partial charge < -0.3 is 0 Å². The number of fused-ring (bicyclic) bond motifs is 1. The number of rotatable bonds is 1. The summed E-state index contributed by atoms with van der Waals surface area (Å²) in [6.07, 6.45) is 1.76. The third-order valence-corrected chi connectivity index (χ3v) is 3.18. The summed E-state index contributed by atoms with van der Waals surface area (Å²) in [5, 5.41) is 13.6. The first-order valence-corrected chi connectivity index (χ1v) is 5.74. The van der Waals surface area contributed by atoms with E-state index in [1.165, 1.54) is 0 Å². The number of hydrogen-bond acceptors (Lipinski definition) is 5. The normalized spacial score (nSPS) is 11.1. The molecule has 0 amide bonds. The molecule has 5 nitrogen and oxygen atoms in total. The summed E-state index contributed by atoms with van der Waals surface area (Å²) in [6, 6.07) is 3.47. The lowest BCUT2D eigenvalue weighted by Crippen LogP contribution is -1.93. The molecule has 0 fully saturated rings.